The van der Waals surface area contributed by atoms with E-state index >= 15 is 0 Å². The molecule has 4 saturated carbocycles. The zero-order valence-corrected chi connectivity index (χ0v) is 21.4. The first kappa shape index (κ1) is 25.8. The summed E-state index contributed by atoms with van der Waals surface area (Å²) in [6.07, 6.45) is 5.80. The SMILES string of the molecule is CC[C@H]1C(O)C2C3CC[C@H]([C@H](C)CC(O)OS(=O)(=O)O)[C@@]3(C)CCC2[C@@]2(C)CC[C@@H](O)C[C@@H]12. The summed E-state index contributed by atoms with van der Waals surface area (Å²) in [4.78, 5) is 0. The van der Waals surface area contributed by atoms with Crippen LogP contribution in [0.1, 0.15) is 85.5 Å². The highest BCUT2D eigenvalue weighted by Crippen LogP contribution is 2.69. The molecular weight excluding hydrogens is 444 g/mol. The Balaban J connectivity index is 1.57. The van der Waals surface area contributed by atoms with E-state index in [1.165, 1.54) is 0 Å². The van der Waals surface area contributed by atoms with Crippen LogP contribution in [-0.2, 0) is 14.6 Å². The summed E-state index contributed by atoms with van der Waals surface area (Å²) in [5.74, 6) is 2.04. The summed E-state index contributed by atoms with van der Waals surface area (Å²) in [6, 6.07) is 0. The third-order valence-corrected chi connectivity index (χ3v) is 11.4. The molecule has 0 aliphatic heterocycles. The Morgan fingerprint density at radius 3 is 2.27 bits per heavy atom. The lowest BCUT2D eigenvalue weighted by Crippen LogP contribution is -2.62. The van der Waals surface area contributed by atoms with Crippen LogP contribution in [0.3, 0.4) is 0 Å². The molecule has 0 saturated heterocycles. The van der Waals surface area contributed by atoms with Crippen molar-refractivity contribution in [2.24, 2.45) is 52.3 Å². The summed E-state index contributed by atoms with van der Waals surface area (Å²) in [7, 11) is -4.69. The lowest BCUT2D eigenvalue weighted by Gasteiger charge is -2.64. The second kappa shape index (κ2) is 9.00. The third kappa shape index (κ3) is 4.42. The Kier molecular flexibility index (Phi) is 7.05. The molecule has 192 valence electrons. The van der Waals surface area contributed by atoms with Gasteiger partial charge in [-0.25, -0.2) is 4.18 Å². The maximum Gasteiger partial charge on any atom is 0.399 e. The van der Waals surface area contributed by atoms with Crippen LogP contribution in [-0.4, -0.2) is 46.8 Å². The fraction of sp³-hybridized carbons (Fsp3) is 1.00. The van der Waals surface area contributed by atoms with E-state index in [0.717, 1.165) is 51.4 Å². The van der Waals surface area contributed by atoms with Gasteiger partial charge in [0.25, 0.3) is 0 Å². The van der Waals surface area contributed by atoms with Crippen molar-refractivity contribution in [3.05, 3.63) is 0 Å². The van der Waals surface area contributed by atoms with Crippen LogP contribution in [0, 0.1) is 52.3 Å². The topological polar surface area (TPSA) is 124 Å². The van der Waals surface area contributed by atoms with Gasteiger partial charge >= 0.3 is 10.4 Å². The molecule has 4 aliphatic rings. The molecule has 4 fully saturated rings. The molecule has 5 unspecified atom stereocenters. The van der Waals surface area contributed by atoms with Gasteiger partial charge in [0.1, 0.15) is 0 Å². The van der Waals surface area contributed by atoms with E-state index in [-0.39, 0.29) is 47.2 Å². The Labute approximate surface area is 199 Å². The van der Waals surface area contributed by atoms with E-state index in [0.29, 0.717) is 23.7 Å². The number of rotatable bonds is 6. The lowest BCUT2D eigenvalue weighted by atomic mass is 9.41. The Bertz CT molecular complexity index is 818. The summed E-state index contributed by atoms with van der Waals surface area (Å²) < 4.78 is 35.2. The van der Waals surface area contributed by atoms with Gasteiger partial charge in [-0.1, -0.05) is 34.1 Å². The normalized spacial score (nSPS) is 49.6. The zero-order valence-electron chi connectivity index (χ0n) is 20.6. The minimum atomic E-state index is -4.69. The molecule has 33 heavy (non-hydrogen) atoms. The molecule has 0 spiro atoms. The largest absolute Gasteiger partial charge is 0.399 e. The van der Waals surface area contributed by atoms with Crippen LogP contribution in [0.2, 0.25) is 0 Å². The van der Waals surface area contributed by atoms with Crippen LogP contribution in [0.4, 0.5) is 0 Å². The Morgan fingerprint density at radius 2 is 1.64 bits per heavy atom. The monoisotopic (exact) mass is 488 g/mol. The summed E-state index contributed by atoms with van der Waals surface area (Å²) >= 11 is 0. The predicted molar refractivity (Wildman–Crippen MR) is 124 cm³/mol. The smallest absolute Gasteiger partial charge is 0.393 e. The van der Waals surface area contributed by atoms with E-state index < -0.39 is 16.7 Å². The van der Waals surface area contributed by atoms with Crippen molar-refractivity contribution in [3.8, 4) is 0 Å². The molecule has 0 amide bonds. The standard InChI is InChI=1S/C25H44O7S/c1-5-16-20-13-15(26)8-10-25(20,4)19-9-11-24(3)17(6-7-18(24)22(19)23(16)28)14(2)12-21(27)32-33(29,30)31/h14-23,26-28H,5-13H2,1-4H3,(H,29,30,31)/t14-,15-,16-,17-,18?,19?,20+,21?,22?,23?,24-,25-/m1/s1. The maximum absolute atomic E-state index is 11.7. The fourth-order valence-electron chi connectivity index (χ4n) is 9.59. The van der Waals surface area contributed by atoms with Crippen molar-refractivity contribution < 1.29 is 32.5 Å². The van der Waals surface area contributed by atoms with Gasteiger partial charge in [-0.2, -0.15) is 8.42 Å². The molecule has 0 aromatic heterocycles. The van der Waals surface area contributed by atoms with E-state index in [1.54, 1.807) is 0 Å². The van der Waals surface area contributed by atoms with Crippen LogP contribution < -0.4 is 0 Å². The maximum atomic E-state index is 11.7. The Hall–Kier alpha value is -0.250. The predicted octanol–water partition coefficient (Wildman–Crippen LogP) is 3.78. The van der Waals surface area contributed by atoms with E-state index in [1.807, 2.05) is 6.92 Å². The molecule has 4 aliphatic carbocycles. The van der Waals surface area contributed by atoms with Crippen molar-refractivity contribution in [1.82, 2.24) is 0 Å². The molecule has 0 radical (unpaired) electrons. The molecule has 8 heteroatoms. The number of aliphatic hydroxyl groups is 3. The first-order chi connectivity index (χ1) is 15.3. The summed E-state index contributed by atoms with van der Waals surface area (Å²) in [5, 5.41) is 32.2. The van der Waals surface area contributed by atoms with Gasteiger partial charge < -0.3 is 15.3 Å². The highest BCUT2D eigenvalue weighted by atomic mass is 32.3. The number of aliphatic hydroxyl groups excluding tert-OH is 3. The molecule has 4 rings (SSSR count). The number of fused-ring (bicyclic) bond motifs is 5. The second-order valence-electron chi connectivity index (χ2n) is 12.3. The quantitative estimate of drug-likeness (QED) is 0.331. The summed E-state index contributed by atoms with van der Waals surface area (Å²) in [5.41, 5.74) is 0.184. The van der Waals surface area contributed by atoms with Gasteiger partial charge in [-0.3, -0.25) is 4.55 Å². The van der Waals surface area contributed by atoms with Gasteiger partial charge in [-0.05, 0) is 97.2 Å². The first-order valence-electron chi connectivity index (χ1n) is 13.0. The number of hydrogen-bond acceptors (Lipinski definition) is 6. The molecule has 0 heterocycles. The van der Waals surface area contributed by atoms with E-state index in [4.69, 9.17) is 4.55 Å². The van der Waals surface area contributed by atoms with Crippen LogP contribution in [0.15, 0.2) is 0 Å². The van der Waals surface area contributed by atoms with Crippen molar-refractivity contribution in [2.75, 3.05) is 0 Å². The first-order valence-corrected chi connectivity index (χ1v) is 14.4. The van der Waals surface area contributed by atoms with Crippen molar-refractivity contribution in [3.63, 3.8) is 0 Å². The van der Waals surface area contributed by atoms with E-state index in [2.05, 4.69) is 25.0 Å². The third-order valence-electron chi connectivity index (χ3n) is 11.0. The van der Waals surface area contributed by atoms with Crippen LogP contribution in [0.5, 0.6) is 0 Å². The molecule has 0 aromatic rings. The van der Waals surface area contributed by atoms with Gasteiger partial charge in [0.2, 0.25) is 0 Å². The highest BCUT2D eigenvalue weighted by Gasteiger charge is 2.64. The lowest BCUT2D eigenvalue weighted by molar-refractivity contribution is -0.203. The van der Waals surface area contributed by atoms with E-state index in [9.17, 15) is 23.7 Å². The van der Waals surface area contributed by atoms with Crippen molar-refractivity contribution in [2.45, 2.75) is 104 Å². The highest BCUT2D eigenvalue weighted by molar-refractivity contribution is 7.80. The molecule has 7 nitrogen and oxygen atoms in total. The number of hydrogen-bond donors (Lipinski definition) is 4. The molecule has 0 aromatic carbocycles. The molecule has 4 N–H and O–H groups in total. The zero-order chi connectivity index (χ0) is 24.3. The van der Waals surface area contributed by atoms with Crippen molar-refractivity contribution >= 4 is 10.4 Å². The summed E-state index contributed by atoms with van der Waals surface area (Å²) in [6.45, 7) is 8.97. The van der Waals surface area contributed by atoms with Gasteiger partial charge in [0.15, 0.2) is 6.29 Å². The minimum absolute atomic E-state index is 0.0229. The van der Waals surface area contributed by atoms with Crippen molar-refractivity contribution in [1.29, 1.82) is 0 Å². The van der Waals surface area contributed by atoms with Gasteiger partial charge in [0, 0.05) is 6.42 Å². The second-order valence-corrected chi connectivity index (χ2v) is 13.4. The average molecular weight is 489 g/mol. The Morgan fingerprint density at radius 1 is 1.00 bits per heavy atom. The fourth-order valence-corrected chi connectivity index (χ4v) is 9.95. The minimum Gasteiger partial charge on any atom is -0.393 e. The van der Waals surface area contributed by atoms with Gasteiger partial charge in [-0.15, -0.1) is 0 Å². The van der Waals surface area contributed by atoms with Crippen LogP contribution >= 0.6 is 0 Å². The van der Waals surface area contributed by atoms with Gasteiger partial charge in [0.05, 0.1) is 12.2 Å². The molecule has 12 atom stereocenters. The molecule has 0 bridgehead atoms. The van der Waals surface area contributed by atoms with Crippen LogP contribution in [0.25, 0.3) is 0 Å². The average Bonchev–Trinajstić information content (AvgIpc) is 3.05. The molecular formula is C25H44O7S.